The molecule has 21 heavy (non-hydrogen) atoms. The summed E-state index contributed by atoms with van der Waals surface area (Å²) in [5.74, 6) is 0. The molecule has 0 bridgehead atoms. The van der Waals surface area contributed by atoms with Crippen LogP contribution in [0.1, 0.15) is 19.8 Å². The summed E-state index contributed by atoms with van der Waals surface area (Å²) in [7, 11) is -0.235. The number of sulfonamides is 1. The largest absolute Gasteiger partial charge is 0.371 e. The zero-order valence-corrected chi connectivity index (χ0v) is 13.9. The Bertz CT molecular complexity index is 547. The maximum absolute atomic E-state index is 12.0. The van der Waals surface area contributed by atoms with Gasteiger partial charge in [-0.2, -0.15) is 0 Å². The molecule has 0 atom stereocenters. The molecule has 118 valence electrons. The normalized spacial score (nSPS) is 17.4. The maximum Gasteiger partial charge on any atom is 0.242 e. The molecule has 0 unspecified atom stereocenters. The molecule has 1 aliphatic heterocycles. The second kappa shape index (κ2) is 6.77. The van der Waals surface area contributed by atoms with Gasteiger partial charge in [-0.25, -0.2) is 12.7 Å². The van der Waals surface area contributed by atoms with Crippen molar-refractivity contribution in [2.24, 2.45) is 0 Å². The van der Waals surface area contributed by atoms with Crippen LogP contribution in [0.3, 0.4) is 0 Å². The second-order valence-electron chi connectivity index (χ2n) is 5.60. The van der Waals surface area contributed by atoms with Crippen LogP contribution in [0.25, 0.3) is 0 Å². The Morgan fingerprint density at radius 2 is 1.76 bits per heavy atom. The van der Waals surface area contributed by atoms with Crippen LogP contribution in [0.5, 0.6) is 0 Å². The van der Waals surface area contributed by atoms with Crippen LogP contribution >= 0.6 is 0 Å². The minimum atomic E-state index is -3.34. The van der Waals surface area contributed by atoms with E-state index in [1.54, 1.807) is 26.2 Å². The fourth-order valence-corrected chi connectivity index (χ4v) is 3.57. The third-order valence-electron chi connectivity index (χ3n) is 3.97. The van der Waals surface area contributed by atoms with Gasteiger partial charge in [0.1, 0.15) is 0 Å². The van der Waals surface area contributed by atoms with E-state index in [-0.39, 0.29) is 0 Å². The topological polar surface area (TPSA) is 52.7 Å². The van der Waals surface area contributed by atoms with E-state index in [9.17, 15) is 8.42 Å². The summed E-state index contributed by atoms with van der Waals surface area (Å²) >= 11 is 0. The molecule has 0 aliphatic carbocycles. The van der Waals surface area contributed by atoms with Crippen LogP contribution in [0.2, 0.25) is 0 Å². The van der Waals surface area contributed by atoms with Crippen molar-refractivity contribution >= 4 is 15.7 Å². The zero-order chi connectivity index (χ0) is 15.5. The molecule has 2 rings (SSSR count). The van der Waals surface area contributed by atoms with Crippen LogP contribution in [-0.4, -0.2) is 52.5 Å². The lowest BCUT2D eigenvalue weighted by Crippen LogP contribution is -2.42. The Labute approximate surface area is 128 Å². The molecule has 0 aromatic heterocycles. The molecular weight excluding hydrogens is 286 g/mol. The Hall–Kier alpha value is -1.11. The molecule has 5 nitrogen and oxygen atoms in total. The van der Waals surface area contributed by atoms with Gasteiger partial charge in [0.15, 0.2) is 0 Å². The average Bonchev–Trinajstić information content (AvgIpc) is 2.48. The SMILES string of the molecule is CCNC1CCN(c2ccc(S(=O)(=O)N(C)C)cc2)CC1. The standard InChI is InChI=1S/C15H25N3O2S/c1-4-16-13-9-11-18(12-10-13)14-5-7-15(8-6-14)21(19,20)17(2)3/h5-8,13,16H,4,9-12H2,1-3H3. The number of rotatable bonds is 5. The lowest BCUT2D eigenvalue weighted by Gasteiger charge is -2.34. The minimum Gasteiger partial charge on any atom is -0.371 e. The number of hydrogen-bond acceptors (Lipinski definition) is 4. The van der Waals surface area contributed by atoms with E-state index in [2.05, 4.69) is 17.1 Å². The molecule has 1 saturated heterocycles. The van der Waals surface area contributed by atoms with E-state index in [1.165, 1.54) is 4.31 Å². The molecule has 1 N–H and O–H groups in total. The summed E-state index contributed by atoms with van der Waals surface area (Å²) in [4.78, 5) is 2.67. The third kappa shape index (κ3) is 3.75. The molecule has 1 aromatic carbocycles. The highest BCUT2D eigenvalue weighted by Gasteiger charge is 2.20. The monoisotopic (exact) mass is 311 g/mol. The van der Waals surface area contributed by atoms with Gasteiger partial charge in [-0.05, 0) is 43.7 Å². The van der Waals surface area contributed by atoms with Crippen molar-refractivity contribution in [3.05, 3.63) is 24.3 Å². The summed E-state index contributed by atoms with van der Waals surface area (Å²) in [6.45, 7) is 5.17. The smallest absolute Gasteiger partial charge is 0.242 e. The number of benzene rings is 1. The average molecular weight is 311 g/mol. The van der Waals surface area contributed by atoms with Crippen molar-refractivity contribution in [3.63, 3.8) is 0 Å². The number of anilines is 1. The van der Waals surface area contributed by atoms with Crippen molar-refractivity contribution in [1.29, 1.82) is 0 Å². The first-order valence-corrected chi connectivity index (χ1v) is 8.90. The van der Waals surface area contributed by atoms with Crippen molar-refractivity contribution in [2.45, 2.75) is 30.7 Å². The van der Waals surface area contributed by atoms with Gasteiger partial charge < -0.3 is 10.2 Å². The fraction of sp³-hybridized carbons (Fsp3) is 0.600. The highest BCUT2D eigenvalue weighted by atomic mass is 32.2. The lowest BCUT2D eigenvalue weighted by molar-refractivity contribution is 0.424. The van der Waals surface area contributed by atoms with Crippen LogP contribution in [0, 0.1) is 0 Å². The van der Waals surface area contributed by atoms with Crippen molar-refractivity contribution in [2.75, 3.05) is 38.6 Å². The van der Waals surface area contributed by atoms with Gasteiger partial charge in [0.2, 0.25) is 10.0 Å². The highest BCUT2D eigenvalue weighted by molar-refractivity contribution is 7.89. The molecule has 6 heteroatoms. The van der Waals surface area contributed by atoms with Gasteiger partial charge in [0.25, 0.3) is 0 Å². The number of hydrogen-bond donors (Lipinski definition) is 1. The predicted octanol–water partition coefficient (Wildman–Crippen LogP) is 1.52. The van der Waals surface area contributed by atoms with Gasteiger partial charge in [0.05, 0.1) is 4.90 Å². The van der Waals surface area contributed by atoms with E-state index in [0.717, 1.165) is 38.2 Å². The fourth-order valence-electron chi connectivity index (χ4n) is 2.67. The second-order valence-corrected chi connectivity index (χ2v) is 7.75. The van der Waals surface area contributed by atoms with E-state index >= 15 is 0 Å². The van der Waals surface area contributed by atoms with E-state index in [4.69, 9.17) is 0 Å². The molecule has 0 saturated carbocycles. The molecule has 1 fully saturated rings. The Morgan fingerprint density at radius 1 is 1.19 bits per heavy atom. The quantitative estimate of drug-likeness (QED) is 0.896. The summed E-state index contributed by atoms with van der Waals surface area (Å²) < 4.78 is 25.3. The van der Waals surface area contributed by atoms with E-state index in [1.807, 2.05) is 12.1 Å². The van der Waals surface area contributed by atoms with Crippen molar-refractivity contribution in [1.82, 2.24) is 9.62 Å². The highest BCUT2D eigenvalue weighted by Crippen LogP contribution is 2.22. The Kier molecular flexibility index (Phi) is 5.24. The first-order valence-electron chi connectivity index (χ1n) is 7.46. The van der Waals surface area contributed by atoms with Gasteiger partial charge >= 0.3 is 0 Å². The first kappa shape index (κ1) is 16.3. The molecule has 0 spiro atoms. The predicted molar refractivity (Wildman–Crippen MR) is 86.2 cm³/mol. The Balaban J connectivity index is 2.04. The molecule has 0 amide bonds. The van der Waals surface area contributed by atoms with Crippen LogP contribution in [0.15, 0.2) is 29.2 Å². The lowest BCUT2D eigenvalue weighted by atomic mass is 10.0. The molecule has 0 radical (unpaired) electrons. The summed E-state index contributed by atoms with van der Waals surface area (Å²) in [6, 6.07) is 7.82. The molecule has 1 aliphatic rings. The Morgan fingerprint density at radius 3 is 2.24 bits per heavy atom. The minimum absolute atomic E-state index is 0.346. The summed E-state index contributed by atoms with van der Waals surface area (Å²) in [5, 5.41) is 3.49. The number of piperidine rings is 1. The van der Waals surface area contributed by atoms with Gasteiger partial charge in [-0.15, -0.1) is 0 Å². The van der Waals surface area contributed by atoms with E-state index in [0.29, 0.717) is 10.9 Å². The van der Waals surface area contributed by atoms with Gasteiger partial charge in [0, 0.05) is 38.9 Å². The van der Waals surface area contributed by atoms with Gasteiger partial charge in [-0.1, -0.05) is 6.92 Å². The third-order valence-corrected chi connectivity index (χ3v) is 5.80. The van der Waals surface area contributed by atoms with Crippen molar-refractivity contribution < 1.29 is 8.42 Å². The van der Waals surface area contributed by atoms with Gasteiger partial charge in [-0.3, -0.25) is 0 Å². The maximum atomic E-state index is 12.0. The molecular formula is C15H25N3O2S. The van der Waals surface area contributed by atoms with E-state index < -0.39 is 10.0 Å². The first-order chi connectivity index (χ1) is 9.95. The van der Waals surface area contributed by atoms with Crippen LogP contribution in [-0.2, 0) is 10.0 Å². The zero-order valence-electron chi connectivity index (χ0n) is 13.0. The van der Waals surface area contributed by atoms with Crippen LogP contribution < -0.4 is 10.2 Å². The summed E-state index contributed by atoms with van der Waals surface area (Å²) in [5.41, 5.74) is 1.10. The van der Waals surface area contributed by atoms with Crippen LogP contribution in [0.4, 0.5) is 5.69 Å². The summed E-state index contributed by atoms with van der Waals surface area (Å²) in [6.07, 6.45) is 2.26. The molecule has 1 aromatic rings. The number of nitrogens with one attached hydrogen (secondary N) is 1. The number of nitrogens with zero attached hydrogens (tertiary/aromatic N) is 2. The van der Waals surface area contributed by atoms with Crippen molar-refractivity contribution in [3.8, 4) is 0 Å². The molecule has 1 heterocycles.